The van der Waals surface area contributed by atoms with Crippen LogP contribution in [0.15, 0.2) is 48.9 Å². The number of hydrogen-bond acceptors (Lipinski definition) is 7. The summed E-state index contributed by atoms with van der Waals surface area (Å²) in [5, 5.41) is 18.0. The van der Waals surface area contributed by atoms with Crippen molar-refractivity contribution in [1.82, 2.24) is 29.6 Å². The number of nitrogen functional groups attached to an aromatic ring is 1. The highest BCUT2D eigenvalue weighted by atomic mass is 16.4. The third-order valence-corrected chi connectivity index (χ3v) is 7.19. The van der Waals surface area contributed by atoms with Crippen LogP contribution >= 0.6 is 0 Å². The van der Waals surface area contributed by atoms with E-state index in [2.05, 4.69) is 20.3 Å². The molecule has 4 N–H and O–H groups in total. The van der Waals surface area contributed by atoms with Gasteiger partial charge in [0.25, 0.3) is 5.91 Å². The molecule has 3 aromatic heterocycles. The van der Waals surface area contributed by atoms with Gasteiger partial charge in [0, 0.05) is 23.9 Å². The number of nitrogens with zero attached hydrogens (tertiary/aromatic N) is 6. The van der Waals surface area contributed by atoms with Crippen molar-refractivity contribution >= 4 is 34.7 Å². The highest BCUT2D eigenvalue weighted by Crippen LogP contribution is 2.46. The summed E-state index contributed by atoms with van der Waals surface area (Å²) < 4.78 is 1.81. The van der Waals surface area contributed by atoms with E-state index in [-0.39, 0.29) is 18.0 Å². The molecule has 2 bridgehead atoms. The molecule has 1 saturated heterocycles. The predicted octanol–water partition coefficient (Wildman–Crippen LogP) is 3.34. The Morgan fingerprint density at radius 1 is 1.08 bits per heavy atom. The number of fused-ring (bicyclic) bond motifs is 3. The van der Waals surface area contributed by atoms with E-state index in [0.717, 1.165) is 24.0 Å². The molecule has 36 heavy (non-hydrogen) atoms. The summed E-state index contributed by atoms with van der Waals surface area (Å²) in [6.45, 7) is 2.44. The van der Waals surface area contributed by atoms with Crippen molar-refractivity contribution in [3.05, 3.63) is 60.0 Å². The minimum Gasteiger partial charge on any atom is -0.465 e. The van der Waals surface area contributed by atoms with E-state index in [4.69, 9.17) is 10.8 Å². The molecule has 11 heteroatoms. The van der Waals surface area contributed by atoms with Crippen molar-refractivity contribution in [1.29, 1.82) is 0 Å². The lowest BCUT2D eigenvalue weighted by Gasteiger charge is -2.31. The number of carboxylic acid groups (broad SMARTS) is 1. The molecule has 0 unspecified atom stereocenters. The molecule has 182 valence electrons. The SMILES string of the molecule is Cc1cccnc1NC(=O)c1ccc(-c2nn([C@H]3C[C@H]4C[C@@H]3N(C(=O)O)C4)c3ncnc(N)c23)cc1. The molecular formula is C25H24N8O3. The molecule has 2 fully saturated rings. The van der Waals surface area contributed by atoms with Gasteiger partial charge in [0.2, 0.25) is 0 Å². The van der Waals surface area contributed by atoms with E-state index in [1.54, 1.807) is 18.3 Å². The Morgan fingerprint density at radius 2 is 1.86 bits per heavy atom. The number of hydrogen-bond donors (Lipinski definition) is 3. The third kappa shape index (κ3) is 3.51. The van der Waals surface area contributed by atoms with Gasteiger partial charge in [0.15, 0.2) is 5.65 Å². The highest BCUT2D eigenvalue weighted by Gasteiger charge is 2.49. The minimum atomic E-state index is -0.909. The Labute approximate surface area is 206 Å². The summed E-state index contributed by atoms with van der Waals surface area (Å²) in [6, 6.07) is 10.5. The Balaban J connectivity index is 1.34. The molecule has 4 aromatic rings. The minimum absolute atomic E-state index is 0.128. The number of aryl methyl sites for hydroxylation is 1. The number of anilines is 2. The maximum atomic E-state index is 12.8. The first-order valence-electron chi connectivity index (χ1n) is 11.7. The molecule has 3 atom stereocenters. The van der Waals surface area contributed by atoms with Gasteiger partial charge in [-0.15, -0.1) is 0 Å². The zero-order valence-electron chi connectivity index (χ0n) is 19.5. The van der Waals surface area contributed by atoms with Crippen LogP contribution in [-0.4, -0.2) is 59.3 Å². The number of rotatable bonds is 4. The maximum absolute atomic E-state index is 12.8. The van der Waals surface area contributed by atoms with Crippen LogP contribution in [0.1, 0.15) is 34.8 Å². The van der Waals surface area contributed by atoms with Crippen LogP contribution < -0.4 is 11.1 Å². The molecular weight excluding hydrogens is 460 g/mol. The zero-order chi connectivity index (χ0) is 25.0. The van der Waals surface area contributed by atoms with E-state index in [1.807, 2.05) is 35.9 Å². The normalized spacial score (nSPS) is 20.7. The maximum Gasteiger partial charge on any atom is 0.407 e. The zero-order valence-corrected chi connectivity index (χ0v) is 19.5. The summed E-state index contributed by atoms with van der Waals surface area (Å²) in [5.74, 6) is 0.852. The summed E-state index contributed by atoms with van der Waals surface area (Å²) in [6.07, 6.45) is 3.77. The topological polar surface area (TPSA) is 152 Å². The van der Waals surface area contributed by atoms with Gasteiger partial charge in [-0.3, -0.25) is 4.79 Å². The number of nitrogens with two attached hydrogens (primary N) is 1. The fraction of sp³-hybridized carbons (Fsp3) is 0.280. The largest absolute Gasteiger partial charge is 0.465 e. The fourth-order valence-corrected chi connectivity index (χ4v) is 5.48. The standard InChI is InChI=1S/C25H24N8O3/c1-13-3-2-8-27-22(13)30-24(34)16-6-4-15(5-7-16)20-19-21(26)28-12-29-23(19)33(31-20)18-10-14-9-17(18)32(11-14)25(35)36/h2-8,12,14,17-18H,9-11H2,1H3,(H,35,36)(H2,26,28,29)(H,27,30,34)/t14-,17+,18+/m1/s1. The van der Waals surface area contributed by atoms with Gasteiger partial charge in [-0.1, -0.05) is 18.2 Å². The Bertz CT molecular complexity index is 1500. The number of carbonyl (C=O) groups excluding carboxylic acids is 1. The van der Waals surface area contributed by atoms with Crippen LogP contribution in [0.25, 0.3) is 22.3 Å². The van der Waals surface area contributed by atoms with E-state index >= 15 is 0 Å². The molecule has 1 aliphatic heterocycles. The summed E-state index contributed by atoms with van der Waals surface area (Å²) in [7, 11) is 0. The number of likely N-dealkylation sites (tertiary alicyclic amines) is 1. The smallest absolute Gasteiger partial charge is 0.407 e. The summed E-state index contributed by atoms with van der Waals surface area (Å²) in [5.41, 5.74) is 9.53. The van der Waals surface area contributed by atoms with Gasteiger partial charge < -0.3 is 21.1 Å². The molecule has 2 aliphatic rings. The monoisotopic (exact) mass is 484 g/mol. The lowest BCUT2D eigenvalue weighted by atomic mass is 10.1. The van der Waals surface area contributed by atoms with Crippen molar-refractivity contribution in [3.8, 4) is 11.3 Å². The second-order valence-electron chi connectivity index (χ2n) is 9.36. The van der Waals surface area contributed by atoms with Crippen molar-refractivity contribution < 1.29 is 14.7 Å². The first kappa shape index (κ1) is 22.0. The van der Waals surface area contributed by atoms with E-state index in [9.17, 15) is 14.7 Å². The van der Waals surface area contributed by atoms with Crippen molar-refractivity contribution in [2.75, 3.05) is 17.6 Å². The van der Waals surface area contributed by atoms with Gasteiger partial charge in [-0.2, -0.15) is 5.10 Å². The number of nitrogens with one attached hydrogen (secondary N) is 1. The van der Waals surface area contributed by atoms with Crippen LogP contribution in [0.2, 0.25) is 0 Å². The van der Waals surface area contributed by atoms with Gasteiger partial charge >= 0.3 is 6.09 Å². The van der Waals surface area contributed by atoms with E-state index in [1.165, 1.54) is 11.2 Å². The third-order valence-electron chi connectivity index (χ3n) is 7.19. The van der Waals surface area contributed by atoms with Crippen LogP contribution in [-0.2, 0) is 0 Å². The predicted molar refractivity (Wildman–Crippen MR) is 132 cm³/mol. The van der Waals surface area contributed by atoms with Crippen LogP contribution in [0, 0.1) is 12.8 Å². The van der Waals surface area contributed by atoms with Gasteiger partial charge in [-0.05, 0) is 49.4 Å². The second-order valence-corrected chi connectivity index (χ2v) is 9.36. The van der Waals surface area contributed by atoms with Crippen molar-refractivity contribution in [2.45, 2.75) is 31.8 Å². The van der Waals surface area contributed by atoms with Gasteiger partial charge in [-0.25, -0.2) is 24.4 Å². The lowest BCUT2D eigenvalue weighted by Crippen LogP contribution is -2.42. The number of pyridine rings is 1. The van der Waals surface area contributed by atoms with Gasteiger partial charge in [0.05, 0.1) is 17.5 Å². The molecule has 0 radical (unpaired) electrons. The van der Waals surface area contributed by atoms with Crippen LogP contribution in [0.5, 0.6) is 0 Å². The molecule has 1 saturated carbocycles. The molecule has 1 aliphatic carbocycles. The number of amides is 2. The summed E-state index contributed by atoms with van der Waals surface area (Å²) >= 11 is 0. The van der Waals surface area contributed by atoms with Crippen LogP contribution in [0.4, 0.5) is 16.4 Å². The number of carbonyl (C=O) groups is 2. The van der Waals surface area contributed by atoms with Crippen LogP contribution in [0.3, 0.4) is 0 Å². The first-order chi connectivity index (χ1) is 17.4. The van der Waals surface area contributed by atoms with E-state index < -0.39 is 6.09 Å². The highest BCUT2D eigenvalue weighted by molar-refractivity contribution is 6.05. The van der Waals surface area contributed by atoms with Gasteiger partial charge in [0.1, 0.15) is 23.7 Å². The first-order valence-corrected chi connectivity index (χ1v) is 11.7. The average molecular weight is 485 g/mol. The number of piperidine rings is 1. The molecule has 4 heterocycles. The molecule has 1 aromatic carbocycles. The fourth-order valence-electron chi connectivity index (χ4n) is 5.48. The Kier molecular flexibility index (Phi) is 5.06. The lowest BCUT2D eigenvalue weighted by molar-refractivity contribution is 0.102. The quantitative estimate of drug-likeness (QED) is 0.399. The number of benzene rings is 1. The van der Waals surface area contributed by atoms with E-state index in [0.29, 0.717) is 46.4 Å². The Morgan fingerprint density at radius 3 is 2.58 bits per heavy atom. The second kappa shape index (κ2) is 8.29. The molecule has 0 spiro atoms. The average Bonchev–Trinajstić information content (AvgIpc) is 3.59. The summed E-state index contributed by atoms with van der Waals surface area (Å²) in [4.78, 5) is 38.8. The molecule has 6 rings (SSSR count). The Hall–Kier alpha value is -4.54. The van der Waals surface area contributed by atoms with Crippen molar-refractivity contribution in [3.63, 3.8) is 0 Å². The molecule has 11 nitrogen and oxygen atoms in total. The number of aromatic nitrogens is 5. The molecule has 2 amide bonds. The van der Waals surface area contributed by atoms with Crippen molar-refractivity contribution in [2.24, 2.45) is 5.92 Å².